The third-order valence-electron chi connectivity index (χ3n) is 2.26. The second kappa shape index (κ2) is 5.16. The van der Waals surface area contributed by atoms with Crippen molar-refractivity contribution < 1.29 is 19.4 Å². The van der Waals surface area contributed by atoms with Gasteiger partial charge in [0.05, 0.1) is 6.61 Å². The summed E-state index contributed by atoms with van der Waals surface area (Å²) in [4.78, 5) is 26.5. The highest BCUT2D eigenvalue weighted by atomic mass is 32.2. The summed E-state index contributed by atoms with van der Waals surface area (Å²) in [5.74, 6) is 0.257. The third kappa shape index (κ3) is 2.67. The number of Topliss-reactive ketones (excluding diaryl/α,β-unsaturated/α-hetero) is 1. The molecule has 0 amide bonds. The van der Waals surface area contributed by atoms with Gasteiger partial charge in [0.2, 0.25) is 0 Å². The summed E-state index contributed by atoms with van der Waals surface area (Å²) in [5, 5.41) is 9.56. The largest absolute Gasteiger partial charge is 0.476 e. The van der Waals surface area contributed by atoms with E-state index in [1.54, 1.807) is 11.8 Å². The number of carbonyl (C=O) groups is 2. The molecule has 17 heavy (non-hydrogen) atoms. The number of thioether (sulfide) groups is 1. The van der Waals surface area contributed by atoms with Crippen LogP contribution in [-0.2, 0) is 4.74 Å². The van der Waals surface area contributed by atoms with Crippen molar-refractivity contribution >= 4 is 34.9 Å². The van der Waals surface area contributed by atoms with E-state index in [-0.39, 0.29) is 22.5 Å². The molecule has 1 atom stereocenters. The molecule has 1 saturated heterocycles. The van der Waals surface area contributed by atoms with Gasteiger partial charge in [0.1, 0.15) is 16.0 Å². The Labute approximate surface area is 106 Å². The summed E-state index contributed by atoms with van der Waals surface area (Å²) in [6.45, 7) is 1.98. The van der Waals surface area contributed by atoms with Crippen LogP contribution in [0.4, 0.5) is 0 Å². The number of aromatic carboxylic acids is 1. The number of hydrogen-bond donors (Lipinski definition) is 1. The van der Waals surface area contributed by atoms with Crippen molar-refractivity contribution in [1.29, 1.82) is 0 Å². The Morgan fingerprint density at radius 3 is 2.76 bits per heavy atom. The summed E-state index contributed by atoms with van der Waals surface area (Å²) in [6.07, 6.45) is -0.190. The highest BCUT2D eigenvalue weighted by Crippen LogP contribution is 2.31. The molecule has 92 valence electrons. The number of aromatic nitrogens is 1. The van der Waals surface area contributed by atoms with E-state index in [1.807, 2.05) is 0 Å². The number of ether oxygens (including phenoxy) is 1. The number of carboxylic acid groups (broad SMARTS) is 1. The highest BCUT2D eigenvalue weighted by Gasteiger charge is 2.26. The molecule has 0 saturated carbocycles. The Morgan fingerprint density at radius 1 is 1.53 bits per heavy atom. The number of hydrogen-bond acceptors (Lipinski definition) is 6. The van der Waals surface area contributed by atoms with Crippen molar-refractivity contribution in [3.63, 3.8) is 0 Å². The summed E-state index contributed by atoms with van der Waals surface area (Å²) in [6, 6.07) is 0. The number of ketones is 1. The lowest BCUT2D eigenvalue weighted by Crippen LogP contribution is -2.15. The van der Waals surface area contributed by atoms with Crippen LogP contribution in [0.1, 0.15) is 38.2 Å². The van der Waals surface area contributed by atoms with Crippen LogP contribution in [0.5, 0.6) is 0 Å². The average Bonchev–Trinajstić information content (AvgIpc) is 2.75. The van der Waals surface area contributed by atoms with Crippen molar-refractivity contribution in [2.45, 2.75) is 13.0 Å². The molecule has 0 aliphatic carbocycles. The Kier molecular flexibility index (Phi) is 3.80. The first-order chi connectivity index (χ1) is 8.09. The van der Waals surface area contributed by atoms with Gasteiger partial charge in [0, 0.05) is 18.4 Å². The van der Waals surface area contributed by atoms with E-state index in [4.69, 9.17) is 9.84 Å². The first-order valence-corrected chi connectivity index (χ1v) is 7.01. The minimum absolute atomic E-state index is 0.156. The topological polar surface area (TPSA) is 76.5 Å². The molecule has 1 aliphatic rings. The van der Waals surface area contributed by atoms with Gasteiger partial charge in [-0.2, -0.15) is 11.8 Å². The van der Waals surface area contributed by atoms with Gasteiger partial charge in [-0.3, -0.25) is 4.79 Å². The Morgan fingerprint density at radius 2 is 2.29 bits per heavy atom. The molecule has 0 bridgehead atoms. The maximum Gasteiger partial charge on any atom is 0.356 e. The van der Waals surface area contributed by atoms with Crippen LogP contribution < -0.4 is 0 Å². The highest BCUT2D eigenvalue weighted by molar-refractivity contribution is 7.99. The van der Waals surface area contributed by atoms with Crippen LogP contribution in [0, 0.1) is 0 Å². The van der Waals surface area contributed by atoms with E-state index in [0.717, 1.165) is 22.8 Å². The molecule has 1 N–H and O–H groups in total. The predicted molar refractivity (Wildman–Crippen MR) is 65.1 cm³/mol. The first-order valence-electron chi connectivity index (χ1n) is 5.04. The smallest absolute Gasteiger partial charge is 0.356 e. The minimum atomic E-state index is -1.17. The van der Waals surface area contributed by atoms with E-state index in [9.17, 15) is 9.59 Å². The summed E-state index contributed by atoms with van der Waals surface area (Å²) in [5.41, 5.74) is -0.156. The standard InChI is InChI=1S/C10H11NO4S2/c1-5(12)8-7(10(13)14)11-9(17-8)6-4-16-3-2-15-6/h6H,2-4H2,1H3,(H,13,14). The van der Waals surface area contributed by atoms with Crippen LogP contribution in [-0.4, -0.2) is 40.0 Å². The lowest BCUT2D eigenvalue weighted by molar-refractivity contribution is 0.0678. The molecule has 0 aromatic carbocycles. The molecule has 0 spiro atoms. The van der Waals surface area contributed by atoms with Gasteiger partial charge in [0.15, 0.2) is 11.5 Å². The number of carbonyl (C=O) groups excluding carboxylic acids is 1. The summed E-state index contributed by atoms with van der Waals surface area (Å²) >= 11 is 2.86. The van der Waals surface area contributed by atoms with Gasteiger partial charge >= 0.3 is 5.97 Å². The van der Waals surface area contributed by atoms with Crippen LogP contribution in [0.2, 0.25) is 0 Å². The number of thiazole rings is 1. The predicted octanol–water partition coefficient (Wildman–Crippen LogP) is 1.85. The molecule has 1 aromatic heterocycles. The Hall–Kier alpha value is -0.920. The quantitative estimate of drug-likeness (QED) is 0.847. The lowest BCUT2D eigenvalue weighted by Gasteiger charge is -2.19. The van der Waals surface area contributed by atoms with Gasteiger partial charge in [-0.05, 0) is 0 Å². The molecule has 1 aromatic rings. The van der Waals surface area contributed by atoms with Crippen molar-refractivity contribution in [3.8, 4) is 0 Å². The van der Waals surface area contributed by atoms with Crippen LogP contribution >= 0.6 is 23.1 Å². The zero-order valence-corrected chi connectivity index (χ0v) is 10.8. The SMILES string of the molecule is CC(=O)c1sc(C2CSCCO2)nc1C(=O)O. The minimum Gasteiger partial charge on any atom is -0.476 e. The molecule has 1 aliphatic heterocycles. The normalized spacial score (nSPS) is 20.2. The van der Waals surface area contributed by atoms with Crippen molar-refractivity contribution in [2.75, 3.05) is 18.1 Å². The second-order valence-electron chi connectivity index (χ2n) is 3.53. The lowest BCUT2D eigenvalue weighted by atomic mass is 10.3. The Bertz CT molecular complexity index is 420. The average molecular weight is 273 g/mol. The van der Waals surface area contributed by atoms with Crippen molar-refractivity contribution in [2.24, 2.45) is 0 Å². The maximum absolute atomic E-state index is 11.3. The zero-order chi connectivity index (χ0) is 12.4. The van der Waals surface area contributed by atoms with E-state index < -0.39 is 5.97 Å². The van der Waals surface area contributed by atoms with Crippen LogP contribution in [0.15, 0.2) is 0 Å². The molecule has 5 nitrogen and oxygen atoms in total. The maximum atomic E-state index is 11.3. The van der Waals surface area contributed by atoms with Gasteiger partial charge in [0.25, 0.3) is 0 Å². The molecule has 2 heterocycles. The zero-order valence-electron chi connectivity index (χ0n) is 9.13. The van der Waals surface area contributed by atoms with Crippen molar-refractivity contribution in [3.05, 3.63) is 15.6 Å². The number of nitrogens with zero attached hydrogens (tertiary/aromatic N) is 1. The number of carboxylic acids is 1. The Balaban J connectivity index is 2.32. The van der Waals surface area contributed by atoms with Crippen LogP contribution in [0.3, 0.4) is 0 Å². The fourth-order valence-electron chi connectivity index (χ4n) is 1.49. The van der Waals surface area contributed by atoms with Gasteiger partial charge in [-0.15, -0.1) is 11.3 Å². The third-order valence-corrected chi connectivity index (χ3v) is 4.50. The first kappa shape index (κ1) is 12.5. The molecular formula is C10H11NO4S2. The van der Waals surface area contributed by atoms with Gasteiger partial charge in [-0.25, -0.2) is 9.78 Å². The summed E-state index contributed by atoms with van der Waals surface area (Å²) in [7, 11) is 0. The molecule has 7 heteroatoms. The fourth-order valence-corrected chi connectivity index (χ4v) is 3.44. The molecule has 1 fully saturated rings. The number of rotatable bonds is 3. The second-order valence-corrected chi connectivity index (χ2v) is 5.71. The van der Waals surface area contributed by atoms with Gasteiger partial charge in [-0.1, -0.05) is 0 Å². The van der Waals surface area contributed by atoms with E-state index >= 15 is 0 Å². The van der Waals surface area contributed by atoms with E-state index in [1.165, 1.54) is 6.92 Å². The van der Waals surface area contributed by atoms with E-state index in [0.29, 0.717) is 11.6 Å². The fraction of sp³-hybridized carbons (Fsp3) is 0.500. The summed E-state index contributed by atoms with van der Waals surface area (Å²) < 4.78 is 5.51. The molecule has 1 unspecified atom stereocenters. The molecular weight excluding hydrogens is 262 g/mol. The molecule has 0 radical (unpaired) electrons. The monoisotopic (exact) mass is 273 g/mol. The van der Waals surface area contributed by atoms with Crippen molar-refractivity contribution in [1.82, 2.24) is 4.98 Å². The van der Waals surface area contributed by atoms with Crippen LogP contribution in [0.25, 0.3) is 0 Å². The van der Waals surface area contributed by atoms with E-state index in [2.05, 4.69) is 4.98 Å². The van der Waals surface area contributed by atoms with Gasteiger partial charge < -0.3 is 9.84 Å². The molecule has 2 rings (SSSR count).